The maximum atomic E-state index is 11.8. The standard InChI is InChI=1S/C24H27N3O2/c1-16(17-9-11-19(12-10-17)26-24(29)27-20-13-14-20)25-15-23(28)22-8-4-6-18-5-2-3-7-21(18)22/h2-12,16,20,23,25,28H,13-15H2,1H3,(H2,26,27,29). The number of rotatable bonds is 7. The number of anilines is 1. The van der Waals surface area contributed by atoms with Crippen molar-refractivity contribution in [2.45, 2.75) is 38.0 Å². The molecule has 5 heteroatoms. The summed E-state index contributed by atoms with van der Waals surface area (Å²) >= 11 is 0. The van der Waals surface area contributed by atoms with Gasteiger partial charge in [-0.15, -0.1) is 0 Å². The van der Waals surface area contributed by atoms with Gasteiger partial charge in [-0.2, -0.15) is 0 Å². The molecule has 0 aliphatic heterocycles. The van der Waals surface area contributed by atoms with Crippen LogP contribution in [-0.4, -0.2) is 23.7 Å². The predicted molar refractivity (Wildman–Crippen MR) is 117 cm³/mol. The van der Waals surface area contributed by atoms with E-state index in [9.17, 15) is 9.90 Å². The summed E-state index contributed by atoms with van der Waals surface area (Å²) < 4.78 is 0. The van der Waals surface area contributed by atoms with Crippen LogP contribution in [0.4, 0.5) is 10.5 Å². The van der Waals surface area contributed by atoms with Crippen LogP contribution in [0.25, 0.3) is 10.8 Å². The van der Waals surface area contributed by atoms with Crippen LogP contribution in [0.15, 0.2) is 66.7 Å². The van der Waals surface area contributed by atoms with E-state index in [1.54, 1.807) is 0 Å². The zero-order valence-corrected chi connectivity index (χ0v) is 16.6. The Bertz CT molecular complexity index is 978. The van der Waals surface area contributed by atoms with E-state index in [4.69, 9.17) is 0 Å². The maximum Gasteiger partial charge on any atom is 0.319 e. The third-order valence-electron chi connectivity index (χ3n) is 5.38. The molecule has 1 aliphatic carbocycles. The highest BCUT2D eigenvalue weighted by Crippen LogP contribution is 2.25. The van der Waals surface area contributed by atoms with Crippen molar-refractivity contribution in [2.75, 3.05) is 11.9 Å². The first-order chi connectivity index (χ1) is 14.1. The SMILES string of the molecule is CC(NCC(O)c1cccc2ccccc12)c1ccc(NC(=O)NC2CC2)cc1. The van der Waals surface area contributed by atoms with Crippen molar-refractivity contribution < 1.29 is 9.90 Å². The fourth-order valence-corrected chi connectivity index (χ4v) is 3.49. The Hall–Kier alpha value is -2.89. The molecule has 0 radical (unpaired) electrons. The van der Waals surface area contributed by atoms with E-state index in [2.05, 4.69) is 35.0 Å². The Balaban J connectivity index is 1.33. The Kier molecular flexibility index (Phi) is 5.79. The van der Waals surface area contributed by atoms with E-state index in [1.807, 2.05) is 54.6 Å². The average Bonchev–Trinajstić information content (AvgIpc) is 3.55. The smallest absolute Gasteiger partial charge is 0.319 e. The molecule has 0 bridgehead atoms. The minimum atomic E-state index is -0.587. The van der Waals surface area contributed by atoms with Crippen LogP contribution in [0.2, 0.25) is 0 Å². The largest absolute Gasteiger partial charge is 0.387 e. The molecule has 0 heterocycles. The summed E-state index contributed by atoms with van der Waals surface area (Å²) in [6.07, 6.45) is 1.55. The Morgan fingerprint density at radius 1 is 1.03 bits per heavy atom. The molecule has 0 saturated heterocycles. The average molecular weight is 389 g/mol. The molecule has 1 aliphatic rings. The Morgan fingerprint density at radius 2 is 1.76 bits per heavy atom. The number of benzene rings is 3. The number of aliphatic hydroxyl groups is 1. The summed E-state index contributed by atoms with van der Waals surface area (Å²) in [5.74, 6) is 0. The summed E-state index contributed by atoms with van der Waals surface area (Å²) in [6, 6.07) is 22.2. The molecule has 4 rings (SSSR count). The summed E-state index contributed by atoms with van der Waals surface area (Å²) in [4.78, 5) is 11.8. The lowest BCUT2D eigenvalue weighted by molar-refractivity contribution is 0.172. The number of carbonyl (C=O) groups is 1. The second-order valence-corrected chi connectivity index (χ2v) is 7.71. The Morgan fingerprint density at radius 3 is 2.52 bits per heavy atom. The second-order valence-electron chi connectivity index (χ2n) is 7.71. The van der Waals surface area contributed by atoms with Crippen molar-refractivity contribution >= 4 is 22.5 Å². The number of hydrogen-bond donors (Lipinski definition) is 4. The summed E-state index contributed by atoms with van der Waals surface area (Å²) in [5, 5.41) is 22.1. The molecular weight excluding hydrogens is 362 g/mol. The third kappa shape index (κ3) is 4.94. The highest BCUT2D eigenvalue weighted by molar-refractivity contribution is 5.89. The van der Waals surface area contributed by atoms with Crippen molar-refractivity contribution in [3.8, 4) is 0 Å². The summed E-state index contributed by atoms with van der Waals surface area (Å²) in [7, 11) is 0. The van der Waals surface area contributed by atoms with E-state index in [0.717, 1.165) is 40.4 Å². The molecule has 2 atom stereocenters. The minimum Gasteiger partial charge on any atom is -0.387 e. The molecule has 0 spiro atoms. The zero-order chi connectivity index (χ0) is 20.2. The molecule has 29 heavy (non-hydrogen) atoms. The van der Waals surface area contributed by atoms with Gasteiger partial charge < -0.3 is 21.1 Å². The molecule has 150 valence electrons. The van der Waals surface area contributed by atoms with Gasteiger partial charge in [-0.3, -0.25) is 0 Å². The molecule has 1 fully saturated rings. The minimum absolute atomic E-state index is 0.0777. The second kappa shape index (κ2) is 8.64. The van der Waals surface area contributed by atoms with Gasteiger partial charge in [-0.05, 0) is 53.8 Å². The Labute approximate surface area is 171 Å². The number of fused-ring (bicyclic) bond motifs is 1. The molecule has 1 saturated carbocycles. The fraction of sp³-hybridized carbons (Fsp3) is 0.292. The number of hydrogen-bond acceptors (Lipinski definition) is 3. The lowest BCUT2D eigenvalue weighted by atomic mass is 10.00. The van der Waals surface area contributed by atoms with Crippen LogP contribution >= 0.6 is 0 Å². The first-order valence-corrected chi connectivity index (χ1v) is 10.2. The normalized spacial score (nSPS) is 15.7. The van der Waals surface area contributed by atoms with Gasteiger partial charge in [0.15, 0.2) is 0 Å². The molecule has 3 aromatic carbocycles. The van der Waals surface area contributed by atoms with Gasteiger partial charge >= 0.3 is 6.03 Å². The molecule has 2 unspecified atom stereocenters. The molecular formula is C24H27N3O2. The molecule has 4 N–H and O–H groups in total. The predicted octanol–water partition coefficient (Wildman–Crippen LogP) is 4.51. The molecule has 0 aromatic heterocycles. The topological polar surface area (TPSA) is 73.4 Å². The van der Waals surface area contributed by atoms with Gasteiger partial charge in [0.05, 0.1) is 6.10 Å². The van der Waals surface area contributed by atoms with E-state index in [0.29, 0.717) is 12.6 Å². The van der Waals surface area contributed by atoms with Gasteiger partial charge in [0.2, 0.25) is 0 Å². The number of nitrogens with one attached hydrogen (secondary N) is 3. The molecule has 2 amide bonds. The van der Waals surface area contributed by atoms with E-state index < -0.39 is 6.10 Å². The van der Waals surface area contributed by atoms with Crippen molar-refractivity contribution in [3.05, 3.63) is 77.9 Å². The molecule has 5 nitrogen and oxygen atoms in total. The van der Waals surface area contributed by atoms with Crippen LogP contribution in [0.1, 0.15) is 43.0 Å². The highest BCUT2D eigenvalue weighted by Gasteiger charge is 2.23. The highest BCUT2D eigenvalue weighted by atomic mass is 16.3. The monoisotopic (exact) mass is 389 g/mol. The van der Waals surface area contributed by atoms with Crippen molar-refractivity contribution in [1.82, 2.24) is 10.6 Å². The van der Waals surface area contributed by atoms with Crippen LogP contribution in [-0.2, 0) is 0 Å². The fourth-order valence-electron chi connectivity index (χ4n) is 3.49. The van der Waals surface area contributed by atoms with Crippen LogP contribution < -0.4 is 16.0 Å². The van der Waals surface area contributed by atoms with Crippen LogP contribution in [0.5, 0.6) is 0 Å². The van der Waals surface area contributed by atoms with Crippen molar-refractivity contribution in [2.24, 2.45) is 0 Å². The van der Waals surface area contributed by atoms with Gasteiger partial charge in [-0.25, -0.2) is 4.79 Å². The number of carbonyl (C=O) groups excluding carboxylic acids is 1. The van der Waals surface area contributed by atoms with Gasteiger partial charge in [0.1, 0.15) is 0 Å². The van der Waals surface area contributed by atoms with E-state index >= 15 is 0 Å². The van der Waals surface area contributed by atoms with E-state index in [-0.39, 0.29) is 12.1 Å². The third-order valence-corrected chi connectivity index (χ3v) is 5.38. The number of urea groups is 1. The molecule has 3 aromatic rings. The first kappa shape index (κ1) is 19.4. The number of amides is 2. The lowest BCUT2D eigenvalue weighted by Crippen LogP contribution is -2.30. The quantitative estimate of drug-likeness (QED) is 0.480. The van der Waals surface area contributed by atoms with Gasteiger partial charge in [0.25, 0.3) is 0 Å². The van der Waals surface area contributed by atoms with E-state index in [1.165, 1.54) is 0 Å². The van der Waals surface area contributed by atoms with Gasteiger partial charge in [0, 0.05) is 24.3 Å². The van der Waals surface area contributed by atoms with Crippen molar-refractivity contribution in [1.29, 1.82) is 0 Å². The van der Waals surface area contributed by atoms with Crippen LogP contribution in [0, 0.1) is 0 Å². The van der Waals surface area contributed by atoms with Gasteiger partial charge in [-0.1, -0.05) is 54.6 Å². The summed E-state index contributed by atoms with van der Waals surface area (Å²) in [6.45, 7) is 2.52. The lowest BCUT2D eigenvalue weighted by Gasteiger charge is -2.19. The number of aliphatic hydroxyl groups excluding tert-OH is 1. The van der Waals surface area contributed by atoms with Crippen LogP contribution in [0.3, 0.4) is 0 Å². The summed E-state index contributed by atoms with van der Waals surface area (Å²) in [5.41, 5.74) is 2.81. The first-order valence-electron chi connectivity index (χ1n) is 10.2. The van der Waals surface area contributed by atoms with Crippen molar-refractivity contribution in [3.63, 3.8) is 0 Å². The maximum absolute atomic E-state index is 11.8. The zero-order valence-electron chi connectivity index (χ0n) is 16.6.